The summed E-state index contributed by atoms with van der Waals surface area (Å²) in [5, 5.41) is 5.76. The molecule has 0 unspecified atom stereocenters. The van der Waals surface area contributed by atoms with Gasteiger partial charge in [-0.2, -0.15) is 0 Å². The number of carbonyl (C=O) groups is 3. The Morgan fingerprint density at radius 1 is 1.00 bits per heavy atom. The van der Waals surface area contributed by atoms with Gasteiger partial charge in [0.2, 0.25) is 0 Å². The Labute approximate surface area is 173 Å². The fourth-order valence-corrected chi connectivity index (χ4v) is 3.59. The van der Waals surface area contributed by atoms with E-state index in [1.807, 2.05) is 32.9 Å². The van der Waals surface area contributed by atoms with Crippen LogP contribution in [0, 0.1) is 12.8 Å². The van der Waals surface area contributed by atoms with E-state index in [1.54, 1.807) is 19.1 Å². The second-order valence-electron chi connectivity index (χ2n) is 8.29. The molecule has 0 aromatic heterocycles. The zero-order chi connectivity index (χ0) is 21.4. The van der Waals surface area contributed by atoms with Crippen LogP contribution in [0.1, 0.15) is 75.2 Å². The first-order chi connectivity index (χ1) is 13.8. The van der Waals surface area contributed by atoms with Crippen LogP contribution in [0.5, 0.6) is 0 Å². The Morgan fingerprint density at radius 3 is 2.21 bits per heavy atom. The number of aryl methyl sites for hydroxylation is 1. The largest absolute Gasteiger partial charge is 0.451 e. The highest BCUT2D eigenvalue weighted by Crippen LogP contribution is 2.17. The van der Waals surface area contributed by atoms with Crippen molar-refractivity contribution in [3.63, 3.8) is 0 Å². The van der Waals surface area contributed by atoms with Crippen LogP contribution in [0.3, 0.4) is 0 Å². The molecule has 1 saturated carbocycles. The number of hydrogen-bond donors (Lipinski definition) is 2. The first-order valence-electron chi connectivity index (χ1n) is 10.7. The van der Waals surface area contributed by atoms with Gasteiger partial charge in [0, 0.05) is 11.6 Å². The Balaban J connectivity index is 1.94. The maximum Gasteiger partial charge on any atom is 0.329 e. The average Bonchev–Trinajstić information content (AvgIpc) is 2.94. The summed E-state index contributed by atoms with van der Waals surface area (Å²) < 4.78 is 5.41. The average molecular weight is 403 g/mol. The molecule has 0 radical (unpaired) electrons. The highest BCUT2D eigenvalue weighted by Gasteiger charge is 2.30. The number of benzene rings is 1. The number of carbonyl (C=O) groups excluding carboxylic acids is 3. The first-order valence-corrected chi connectivity index (χ1v) is 10.7. The second-order valence-corrected chi connectivity index (χ2v) is 8.29. The summed E-state index contributed by atoms with van der Waals surface area (Å²) in [5.41, 5.74) is 1.35. The van der Waals surface area contributed by atoms with Crippen LogP contribution in [-0.2, 0) is 14.3 Å². The van der Waals surface area contributed by atoms with E-state index in [9.17, 15) is 14.4 Å². The van der Waals surface area contributed by atoms with E-state index >= 15 is 0 Å². The van der Waals surface area contributed by atoms with Crippen LogP contribution in [0.15, 0.2) is 24.3 Å². The van der Waals surface area contributed by atoms with E-state index in [-0.39, 0.29) is 23.8 Å². The minimum Gasteiger partial charge on any atom is -0.451 e. The van der Waals surface area contributed by atoms with Gasteiger partial charge >= 0.3 is 5.97 Å². The lowest BCUT2D eigenvalue weighted by Crippen LogP contribution is -2.48. The Hall–Kier alpha value is -2.37. The van der Waals surface area contributed by atoms with Crippen LogP contribution in [0.25, 0.3) is 0 Å². The Bertz CT molecular complexity index is 709. The van der Waals surface area contributed by atoms with Crippen LogP contribution in [-0.4, -0.2) is 36.0 Å². The maximum absolute atomic E-state index is 12.7. The zero-order valence-electron chi connectivity index (χ0n) is 18.0. The summed E-state index contributed by atoms with van der Waals surface area (Å²) in [5.74, 6) is -1.37. The van der Waals surface area contributed by atoms with Crippen molar-refractivity contribution in [1.82, 2.24) is 10.6 Å². The van der Waals surface area contributed by atoms with Gasteiger partial charge < -0.3 is 15.4 Å². The number of hydrogen-bond acceptors (Lipinski definition) is 4. The number of nitrogens with one attached hydrogen (secondary N) is 2. The van der Waals surface area contributed by atoms with Gasteiger partial charge in [0.25, 0.3) is 11.8 Å². The third-order valence-electron chi connectivity index (χ3n) is 5.46. The molecule has 1 aliphatic rings. The maximum atomic E-state index is 12.7. The summed E-state index contributed by atoms with van der Waals surface area (Å²) in [4.78, 5) is 37.7. The molecule has 1 aliphatic carbocycles. The van der Waals surface area contributed by atoms with Crippen molar-refractivity contribution >= 4 is 17.8 Å². The van der Waals surface area contributed by atoms with E-state index in [4.69, 9.17) is 4.74 Å². The molecule has 29 heavy (non-hydrogen) atoms. The topological polar surface area (TPSA) is 84.5 Å². The van der Waals surface area contributed by atoms with Crippen molar-refractivity contribution < 1.29 is 19.1 Å². The van der Waals surface area contributed by atoms with Crippen molar-refractivity contribution in [3.8, 4) is 0 Å². The third kappa shape index (κ3) is 6.87. The summed E-state index contributed by atoms with van der Waals surface area (Å²) in [6.07, 6.45) is 5.66. The van der Waals surface area contributed by atoms with Crippen molar-refractivity contribution in [2.24, 2.45) is 5.92 Å². The summed E-state index contributed by atoms with van der Waals surface area (Å²) >= 11 is 0. The number of esters is 1. The van der Waals surface area contributed by atoms with E-state index < -0.39 is 18.1 Å². The minimum atomic E-state index is -0.901. The molecule has 2 rings (SSSR count). The molecule has 1 aromatic carbocycles. The quantitative estimate of drug-likeness (QED) is 0.540. The highest BCUT2D eigenvalue weighted by molar-refractivity contribution is 5.98. The van der Waals surface area contributed by atoms with Gasteiger partial charge in [-0.1, -0.05) is 57.7 Å². The van der Waals surface area contributed by atoms with E-state index in [0.717, 1.165) is 31.2 Å². The van der Waals surface area contributed by atoms with Crippen molar-refractivity contribution in [2.75, 3.05) is 0 Å². The molecule has 160 valence electrons. The lowest BCUT2D eigenvalue weighted by molar-refractivity contribution is -0.157. The fourth-order valence-electron chi connectivity index (χ4n) is 3.59. The van der Waals surface area contributed by atoms with Crippen LogP contribution >= 0.6 is 0 Å². The molecule has 0 bridgehead atoms. The molecular weight excluding hydrogens is 368 g/mol. The third-order valence-corrected chi connectivity index (χ3v) is 5.46. The zero-order valence-corrected chi connectivity index (χ0v) is 18.0. The Morgan fingerprint density at radius 2 is 1.62 bits per heavy atom. The SMILES string of the molecule is Cc1ccccc1C(=O)N[C@H](C(=O)O[C@@H](C)C(=O)NC1CCCCCC1)C(C)C. The van der Waals surface area contributed by atoms with Gasteiger partial charge in [-0.25, -0.2) is 4.79 Å². The minimum absolute atomic E-state index is 0.146. The Kier molecular flexibility index (Phi) is 8.68. The van der Waals surface area contributed by atoms with Crippen molar-refractivity contribution in [3.05, 3.63) is 35.4 Å². The predicted octanol–water partition coefficient (Wildman–Crippen LogP) is 3.52. The predicted molar refractivity (Wildman–Crippen MR) is 112 cm³/mol. The first kappa shape index (κ1) is 22.9. The van der Waals surface area contributed by atoms with Gasteiger partial charge in [0.1, 0.15) is 6.04 Å². The fraction of sp³-hybridized carbons (Fsp3) is 0.609. The monoisotopic (exact) mass is 402 g/mol. The van der Waals surface area contributed by atoms with E-state index in [1.165, 1.54) is 12.8 Å². The van der Waals surface area contributed by atoms with Gasteiger partial charge in [-0.15, -0.1) is 0 Å². The summed E-state index contributed by atoms with van der Waals surface area (Å²) in [6, 6.07) is 6.52. The number of rotatable bonds is 7. The normalized spacial score (nSPS) is 17.1. The van der Waals surface area contributed by atoms with Crippen molar-refractivity contribution in [2.45, 2.75) is 84.4 Å². The molecule has 2 atom stereocenters. The number of amides is 2. The standard InChI is InChI=1S/C23H34N2O4/c1-15(2)20(25-22(27)19-14-10-9-11-16(19)3)23(28)29-17(4)21(26)24-18-12-7-5-6-8-13-18/h9-11,14-15,17-18,20H,5-8,12-13H2,1-4H3,(H,24,26)(H,25,27)/t17-,20-/m0/s1. The van der Waals surface area contributed by atoms with E-state index in [0.29, 0.717) is 5.56 Å². The summed E-state index contributed by atoms with van der Waals surface area (Å²) in [7, 11) is 0. The summed E-state index contributed by atoms with van der Waals surface area (Å²) in [6.45, 7) is 7.09. The van der Waals surface area contributed by atoms with Crippen LogP contribution in [0.2, 0.25) is 0 Å². The molecule has 0 aliphatic heterocycles. The molecule has 6 heteroatoms. The van der Waals surface area contributed by atoms with Crippen molar-refractivity contribution in [1.29, 1.82) is 0 Å². The molecule has 0 saturated heterocycles. The molecule has 6 nitrogen and oxygen atoms in total. The molecule has 2 N–H and O–H groups in total. The number of ether oxygens (including phenoxy) is 1. The van der Waals surface area contributed by atoms with Gasteiger partial charge in [-0.3, -0.25) is 9.59 Å². The van der Waals surface area contributed by atoms with Gasteiger partial charge in [-0.05, 0) is 44.2 Å². The lowest BCUT2D eigenvalue weighted by atomic mass is 10.0. The van der Waals surface area contributed by atoms with Gasteiger partial charge in [0.05, 0.1) is 0 Å². The highest BCUT2D eigenvalue weighted by atomic mass is 16.5. The molecule has 0 heterocycles. The molecular formula is C23H34N2O4. The van der Waals surface area contributed by atoms with Gasteiger partial charge in [0.15, 0.2) is 6.10 Å². The van der Waals surface area contributed by atoms with Crippen LogP contribution < -0.4 is 10.6 Å². The van der Waals surface area contributed by atoms with E-state index in [2.05, 4.69) is 10.6 Å². The molecule has 0 spiro atoms. The molecule has 2 amide bonds. The molecule has 1 aromatic rings. The van der Waals surface area contributed by atoms with Crippen LogP contribution in [0.4, 0.5) is 0 Å². The second kappa shape index (κ2) is 11.0. The molecule has 1 fully saturated rings. The smallest absolute Gasteiger partial charge is 0.329 e. The lowest BCUT2D eigenvalue weighted by Gasteiger charge is -2.24.